The van der Waals surface area contributed by atoms with Gasteiger partial charge in [-0.1, -0.05) is 202 Å². The van der Waals surface area contributed by atoms with Crippen molar-refractivity contribution in [3.05, 3.63) is 270 Å². The van der Waals surface area contributed by atoms with Crippen molar-refractivity contribution in [2.45, 2.75) is 24.7 Å². The zero-order valence-electron chi connectivity index (χ0n) is 37.9. The molecule has 1 aromatic heterocycles. The fourth-order valence-corrected chi connectivity index (χ4v) is 13.5. The van der Waals surface area contributed by atoms with Gasteiger partial charge in [-0.2, -0.15) is 0 Å². The van der Waals surface area contributed by atoms with Crippen LogP contribution in [0.1, 0.15) is 47.2 Å². The summed E-state index contributed by atoms with van der Waals surface area (Å²) in [4.78, 5) is 2.55. The van der Waals surface area contributed by atoms with E-state index in [0.717, 1.165) is 17.1 Å². The van der Waals surface area contributed by atoms with Gasteiger partial charge in [0.1, 0.15) is 0 Å². The zero-order valence-corrected chi connectivity index (χ0v) is 38.7. The van der Waals surface area contributed by atoms with Crippen molar-refractivity contribution in [1.29, 1.82) is 0 Å². The molecule has 12 aromatic rings. The van der Waals surface area contributed by atoms with Crippen molar-refractivity contribution < 1.29 is 0 Å². The fourth-order valence-electron chi connectivity index (χ4n) is 12.2. The molecule has 2 heteroatoms. The predicted molar refractivity (Wildman–Crippen MR) is 289 cm³/mol. The Labute approximate surface area is 400 Å². The standard InChI is InChI=1S/C66H45NS/c1-65(2)58-39-44-19-10-9-18-43(44)38-56(58)51-37-34-47(40-59(51)65)67(61-30-15-12-26-52(61)54-28-17-20-42-32-35-55-53-27-13-16-31-62(53)68-64(55)63(42)54)48-33-36-50-49-25-11-14-29-57(49)66(60(50)41-48,45-21-5-3-6-22-45)46-23-7-4-8-24-46/h3-41H,1-2H3. The first-order valence-electron chi connectivity index (χ1n) is 23.7. The van der Waals surface area contributed by atoms with Crippen molar-refractivity contribution >= 4 is 70.1 Å². The van der Waals surface area contributed by atoms with E-state index in [4.69, 9.17) is 0 Å². The average Bonchev–Trinajstić information content (AvgIpc) is 3.99. The normalized spacial score (nSPS) is 14.0. The number of benzene rings is 11. The lowest BCUT2D eigenvalue weighted by Gasteiger charge is -2.35. The molecule has 68 heavy (non-hydrogen) atoms. The molecule has 0 spiro atoms. The highest BCUT2D eigenvalue weighted by Crippen LogP contribution is 2.58. The minimum absolute atomic E-state index is 0.215. The molecule has 2 aliphatic rings. The van der Waals surface area contributed by atoms with Crippen LogP contribution >= 0.6 is 11.3 Å². The lowest BCUT2D eigenvalue weighted by Crippen LogP contribution is -2.28. The van der Waals surface area contributed by atoms with Gasteiger partial charge in [0.2, 0.25) is 0 Å². The predicted octanol–water partition coefficient (Wildman–Crippen LogP) is 18.2. The molecule has 0 aliphatic heterocycles. The summed E-state index contributed by atoms with van der Waals surface area (Å²) in [5.41, 5.74) is 18.1. The van der Waals surface area contributed by atoms with Crippen LogP contribution in [0.3, 0.4) is 0 Å². The highest BCUT2D eigenvalue weighted by Gasteiger charge is 2.46. The Hall–Kier alpha value is -8.04. The average molecular weight is 884 g/mol. The summed E-state index contributed by atoms with van der Waals surface area (Å²) < 4.78 is 2.64. The van der Waals surface area contributed by atoms with E-state index >= 15 is 0 Å². The minimum atomic E-state index is -0.540. The van der Waals surface area contributed by atoms with Crippen LogP contribution in [0.5, 0.6) is 0 Å². The second-order valence-corrected chi connectivity index (χ2v) is 20.2. The smallest absolute Gasteiger partial charge is 0.0714 e. The van der Waals surface area contributed by atoms with Gasteiger partial charge in [-0.3, -0.25) is 0 Å². The first-order chi connectivity index (χ1) is 33.5. The summed E-state index contributed by atoms with van der Waals surface area (Å²) in [6, 6.07) is 88.9. The third kappa shape index (κ3) is 5.50. The lowest BCUT2D eigenvalue weighted by molar-refractivity contribution is 0.661. The Morgan fingerprint density at radius 2 is 0.912 bits per heavy atom. The number of hydrogen-bond acceptors (Lipinski definition) is 2. The van der Waals surface area contributed by atoms with Gasteiger partial charge in [0.05, 0.1) is 11.1 Å². The first kappa shape index (κ1) is 39.2. The summed E-state index contributed by atoms with van der Waals surface area (Å²) in [6.07, 6.45) is 0. The number of nitrogens with zero attached hydrogens (tertiary/aromatic N) is 1. The van der Waals surface area contributed by atoms with Crippen LogP contribution < -0.4 is 4.90 Å². The Kier molecular flexibility index (Phi) is 8.48. The minimum Gasteiger partial charge on any atom is -0.310 e. The maximum Gasteiger partial charge on any atom is 0.0714 e. The third-order valence-corrected chi connectivity index (χ3v) is 16.5. The molecule has 320 valence electrons. The van der Waals surface area contributed by atoms with Crippen LogP contribution in [0.25, 0.3) is 75.1 Å². The van der Waals surface area contributed by atoms with Gasteiger partial charge < -0.3 is 4.90 Å². The number of fused-ring (bicyclic) bond motifs is 12. The maximum absolute atomic E-state index is 2.55. The highest BCUT2D eigenvalue weighted by molar-refractivity contribution is 7.26. The van der Waals surface area contributed by atoms with Gasteiger partial charge in [0.25, 0.3) is 0 Å². The van der Waals surface area contributed by atoms with Crippen LogP contribution in [0.15, 0.2) is 237 Å². The van der Waals surface area contributed by atoms with Gasteiger partial charge in [-0.05, 0) is 126 Å². The van der Waals surface area contributed by atoms with Crippen LogP contribution in [-0.2, 0) is 10.8 Å². The number of anilines is 3. The molecular formula is C66H45NS. The fraction of sp³-hybridized carbons (Fsp3) is 0.0606. The Bertz CT molecular complexity index is 3970. The van der Waals surface area contributed by atoms with Crippen LogP contribution in [0, 0.1) is 0 Å². The molecule has 0 unspecified atom stereocenters. The maximum atomic E-state index is 2.55. The molecule has 14 rings (SSSR count). The van der Waals surface area contributed by atoms with E-state index in [1.807, 2.05) is 11.3 Å². The Balaban J connectivity index is 1.05. The number of rotatable bonds is 6. The van der Waals surface area contributed by atoms with Gasteiger partial charge in [0.15, 0.2) is 0 Å². The molecule has 1 heterocycles. The van der Waals surface area contributed by atoms with E-state index in [-0.39, 0.29) is 5.41 Å². The second kappa shape index (κ2) is 14.7. The molecule has 0 saturated heterocycles. The molecule has 0 N–H and O–H groups in total. The highest BCUT2D eigenvalue weighted by atomic mass is 32.1. The van der Waals surface area contributed by atoms with Crippen molar-refractivity contribution in [3.8, 4) is 33.4 Å². The quantitative estimate of drug-likeness (QED) is 0.161. The number of para-hydroxylation sites is 1. The third-order valence-electron chi connectivity index (χ3n) is 15.3. The van der Waals surface area contributed by atoms with E-state index in [0.29, 0.717) is 0 Å². The van der Waals surface area contributed by atoms with Crippen molar-refractivity contribution in [1.82, 2.24) is 0 Å². The molecule has 0 amide bonds. The van der Waals surface area contributed by atoms with Crippen LogP contribution in [-0.4, -0.2) is 0 Å². The summed E-state index contributed by atoms with van der Waals surface area (Å²) in [6.45, 7) is 4.81. The van der Waals surface area contributed by atoms with Crippen LogP contribution in [0.2, 0.25) is 0 Å². The van der Waals surface area contributed by atoms with Crippen LogP contribution in [0.4, 0.5) is 17.1 Å². The van der Waals surface area contributed by atoms with E-state index in [9.17, 15) is 0 Å². The summed E-state index contributed by atoms with van der Waals surface area (Å²) >= 11 is 1.90. The lowest BCUT2D eigenvalue weighted by atomic mass is 9.67. The largest absolute Gasteiger partial charge is 0.310 e. The van der Waals surface area contributed by atoms with Gasteiger partial charge in [-0.25, -0.2) is 0 Å². The molecule has 0 bridgehead atoms. The number of hydrogen-bond donors (Lipinski definition) is 0. The Morgan fingerprint density at radius 1 is 0.353 bits per heavy atom. The van der Waals surface area contributed by atoms with Gasteiger partial charge >= 0.3 is 0 Å². The van der Waals surface area contributed by atoms with Crippen molar-refractivity contribution in [3.63, 3.8) is 0 Å². The molecular weight excluding hydrogens is 839 g/mol. The molecule has 1 nitrogen and oxygen atoms in total. The first-order valence-corrected chi connectivity index (χ1v) is 24.6. The molecule has 0 atom stereocenters. The molecule has 0 saturated carbocycles. The van der Waals surface area contributed by atoms with E-state index in [1.54, 1.807) is 0 Å². The SMILES string of the molecule is CC1(C)c2cc(N(c3ccc4c(c3)C(c3ccccc3)(c3ccccc3)c3ccccc3-4)c3ccccc3-c3cccc4ccc5c6ccccc6sc5c34)ccc2-c2cc3ccccc3cc21. The summed E-state index contributed by atoms with van der Waals surface area (Å²) in [5, 5.41) is 7.73. The second-order valence-electron chi connectivity index (χ2n) is 19.2. The van der Waals surface area contributed by atoms with E-state index in [1.165, 1.54) is 108 Å². The molecule has 0 fully saturated rings. The number of thiophene rings is 1. The molecule has 0 radical (unpaired) electrons. The van der Waals surface area contributed by atoms with E-state index < -0.39 is 5.41 Å². The summed E-state index contributed by atoms with van der Waals surface area (Å²) in [7, 11) is 0. The monoisotopic (exact) mass is 883 g/mol. The van der Waals surface area contributed by atoms with Crippen molar-refractivity contribution in [2.24, 2.45) is 0 Å². The Morgan fingerprint density at radius 3 is 1.68 bits per heavy atom. The topological polar surface area (TPSA) is 3.24 Å². The van der Waals surface area contributed by atoms with Gasteiger partial charge in [0, 0.05) is 47.9 Å². The summed E-state index contributed by atoms with van der Waals surface area (Å²) in [5.74, 6) is 0. The van der Waals surface area contributed by atoms with E-state index in [2.05, 4.69) is 255 Å². The molecule has 2 aliphatic carbocycles. The zero-order chi connectivity index (χ0) is 45.1. The van der Waals surface area contributed by atoms with Gasteiger partial charge in [-0.15, -0.1) is 11.3 Å². The van der Waals surface area contributed by atoms with Crippen molar-refractivity contribution in [2.75, 3.05) is 4.90 Å². The molecule has 11 aromatic carbocycles.